The Hall–Kier alpha value is -0.760. The predicted octanol–water partition coefficient (Wildman–Crippen LogP) is 0.981. The van der Waals surface area contributed by atoms with Gasteiger partial charge >= 0.3 is 0 Å². The molecule has 0 spiro atoms. The molecule has 1 rings (SSSR count). The average molecular weight is 111 g/mol. The Morgan fingerprint density at radius 2 is 2.88 bits per heavy atom. The van der Waals surface area contributed by atoms with Gasteiger partial charge in [0.2, 0.25) is 0 Å². The number of allylic oxidation sites excluding steroid dienone is 1. The second kappa shape index (κ2) is 2.52. The monoisotopic (exact) mass is 111 g/mol. The molecule has 1 N–H and O–H groups in total. The van der Waals surface area contributed by atoms with Gasteiger partial charge in [-0.3, -0.25) is 10.3 Å². The van der Waals surface area contributed by atoms with Crippen molar-refractivity contribution in [3.05, 3.63) is 24.4 Å². The summed E-state index contributed by atoms with van der Waals surface area (Å²) in [5.41, 5.74) is 3.86. The summed E-state index contributed by atoms with van der Waals surface area (Å²) in [5.74, 6) is 0. The molecule has 0 saturated heterocycles. The van der Waals surface area contributed by atoms with Crippen molar-refractivity contribution in [3.63, 3.8) is 0 Å². The van der Waals surface area contributed by atoms with Crippen LogP contribution in [0.3, 0.4) is 0 Å². The quantitative estimate of drug-likeness (QED) is 0.536. The first-order valence-corrected chi connectivity index (χ1v) is 2.61. The number of nitrogens with one attached hydrogen (secondary N) is 1. The molecule has 1 aliphatic rings. The van der Waals surface area contributed by atoms with E-state index in [-0.39, 0.29) is 0 Å². The van der Waals surface area contributed by atoms with Crippen LogP contribution < -0.4 is 5.48 Å². The van der Waals surface area contributed by atoms with E-state index in [9.17, 15) is 0 Å². The van der Waals surface area contributed by atoms with E-state index in [2.05, 4.69) is 12.1 Å². The topological polar surface area (TPSA) is 21.3 Å². The summed E-state index contributed by atoms with van der Waals surface area (Å²) in [4.78, 5) is 4.82. The van der Waals surface area contributed by atoms with E-state index in [1.165, 1.54) is 0 Å². The largest absolute Gasteiger partial charge is 0.272 e. The maximum atomic E-state index is 4.82. The molecule has 0 unspecified atom stereocenters. The van der Waals surface area contributed by atoms with Crippen LogP contribution in [0.25, 0.3) is 0 Å². The van der Waals surface area contributed by atoms with Gasteiger partial charge in [-0.05, 0) is 6.08 Å². The molecule has 2 nitrogen and oxygen atoms in total. The SMILES string of the molecule is C=CCC1=CCON1. The second-order valence-electron chi connectivity index (χ2n) is 1.64. The zero-order valence-electron chi connectivity index (χ0n) is 4.68. The summed E-state index contributed by atoms with van der Waals surface area (Å²) < 4.78 is 0. The van der Waals surface area contributed by atoms with Gasteiger partial charge in [0, 0.05) is 12.1 Å². The standard InChI is InChI=1S/C6H9NO/c1-2-3-6-4-5-8-7-6/h2,4,7H,1,3,5H2. The van der Waals surface area contributed by atoms with Gasteiger partial charge in [-0.1, -0.05) is 6.08 Å². The van der Waals surface area contributed by atoms with Crippen molar-refractivity contribution in [1.29, 1.82) is 0 Å². The summed E-state index contributed by atoms with van der Waals surface area (Å²) in [6, 6.07) is 0. The summed E-state index contributed by atoms with van der Waals surface area (Å²) in [6.07, 6.45) is 4.72. The van der Waals surface area contributed by atoms with Crippen LogP contribution in [0.4, 0.5) is 0 Å². The lowest BCUT2D eigenvalue weighted by atomic mass is 10.3. The molecule has 0 saturated carbocycles. The molecule has 2 heteroatoms. The molecule has 0 aromatic rings. The predicted molar refractivity (Wildman–Crippen MR) is 32.0 cm³/mol. The molecule has 0 aliphatic carbocycles. The highest BCUT2D eigenvalue weighted by atomic mass is 16.6. The molecule has 0 aromatic carbocycles. The molecule has 8 heavy (non-hydrogen) atoms. The van der Waals surface area contributed by atoms with E-state index in [1.807, 2.05) is 12.2 Å². The van der Waals surface area contributed by atoms with E-state index in [4.69, 9.17) is 4.84 Å². The lowest BCUT2D eigenvalue weighted by Crippen LogP contribution is -2.04. The number of hydrogen-bond acceptors (Lipinski definition) is 2. The molecule has 0 aromatic heterocycles. The summed E-state index contributed by atoms with van der Waals surface area (Å²) >= 11 is 0. The number of hydrogen-bond donors (Lipinski definition) is 1. The van der Waals surface area contributed by atoms with Gasteiger partial charge < -0.3 is 0 Å². The molecule has 44 valence electrons. The minimum Gasteiger partial charge on any atom is -0.272 e. The van der Waals surface area contributed by atoms with E-state index in [0.29, 0.717) is 6.61 Å². The normalized spacial score (nSPS) is 17.2. The highest BCUT2D eigenvalue weighted by Crippen LogP contribution is 2.01. The highest BCUT2D eigenvalue weighted by molar-refractivity contribution is 5.04. The Morgan fingerprint density at radius 1 is 2.00 bits per heavy atom. The first kappa shape index (κ1) is 5.38. The molecule has 0 atom stereocenters. The first-order valence-electron chi connectivity index (χ1n) is 2.61. The maximum Gasteiger partial charge on any atom is 0.0947 e. The molecule has 0 radical (unpaired) electrons. The van der Waals surface area contributed by atoms with Gasteiger partial charge in [-0.15, -0.1) is 6.58 Å². The van der Waals surface area contributed by atoms with Crippen molar-refractivity contribution in [1.82, 2.24) is 5.48 Å². The van der Waals surface area contributed by atoms with Gasteiger partial charge in [0.05, 0.1) is 6.61 Å². The van der Waals surface area contributed by atoms with E-state index < -0.39 is 0 Å². The minimum absolute atomic E-state index is 0.684. The molecule has 0 amide bonds. The summed E-state index contributed by atoms with van der Waals surface area (Å²) in [6.45, 7) is 4.27. The fraction of sp³-hybridized carbons (Fsp3) is 0.333. The van der Waals surface area contributed by atoms with Gasteiger partial charge in [0.25, 0.3) is 0 Å². The molecular weight excluding hydrogens is 102 g/mol. The van der Waals surface area contributed by atoms with Crippen molar-refractivity contribution in [3.8, 4) is 0 Å². The van der Waals surface area contributed by atoms with Crippen LogP contribution >= 0.6 is 0 Å². The first-order chi connectivity index (χ1) is 3.93. The van der Waals surface area contributed by atoms with E-state index in [0.717, 1.165) is 12.1 Å². The van der Waals surface area contributed by atoms with Crippen molar-refractivity contribution in [2.24, 2.45) is 0 Å². The minimum atomic E-state index is 0.684. The summed E-state index contributed by atoms with van der Waals surface area (Å²) in [7, 11) is 0. The van der Waals surface area contributed by atoms with Crippen LogP contribution in [0.5, 0.6) is 0 Å². The fourth-order valence-electron chi connectivity index (χ4n) is 0.599. The summed E-state index contributed by atoms with van der Waals surface area (Å²) in [5, 5.41) is 0. The zero-order chi connectivity index (χ0) is 5.82. The van der Waals surface area contributed by atoms with Crippen molar-refractivity contribution in [2.75, 3.05) is 6.61 Å². The highest BCUT2D eigenvalue weighted by Gasteiger charge is 1.98. The molecular formula is C6H9NO. The van der Waals surface area contributed by atoms with Gasteiger partial charge in [-0.2, -0.15) is 0 Å². The fourth-order valence-corrected chi connectivity index (χ4v) is 0.599. The van der Waals surface area contributed by atoms with Crippen molar-refractivity contribution >= 4 is 0 Å². The van der Waals surface area contributed by atoms with E-state index >= 15 is 0 Å². The van der Waals surface area contributed by atoms with Gasteiger partial charge in [-0.25, -0.2) is 0 Å². The Bertz CT molecular complexity index is 118. The third kappa shape index (κ3) is 1.10. The molecule has 0 fully saturated rings. The van der Waals surface area contributed by atoms with Crippen LogP contribution in [-0.2, 0) is 4.84 Å². The average Bonchev–Trinajstić information content (AvgIpc) is 2.19. The Balaban J connectivity index is 2.33. The van der Waals surface area contributed by atoms with Crippen LogP contribution in [0, 0.1) is 0 Å². The Morgan fingerprint density at radius 3 is 3.38 bits per heavy atom. The van der Waals surface area contributed by atoms with Crippen LogP contribution in [0.2, 0.25) is 0 Å². The number of hydroxylamine groups is 1. The smallest absolute Gasteiger partial charge is 0.0947 e. The Labute approximate surface area is 48.8 Å². The van der Waals surface area contributed by atoms with Gasteiger partial charge in [0.15, 0.2) is 0 Å². The van der Waals surface area contributed by atoms with Crippen molar-refractivity contribution in [2.45, 2.75) is 6.42 Å². The maximum absolute atomic E-state index is 4.82. The van der Waals surface area contributed by atoms with Gasteiger partial charge in [0.1, 0.15) is 0 Å². The zero-order valence-corrected chi connectivity index (χ0v) is 4.68. The lowest BCUT2D eigenvalue weighted by Gasteiger charge is -1.95. The van der Waals surface area contributed by atoms with Crippen LogP contribution in [0.15, 0.2) is 24.4 Å². The van der Waals surface area contributed by atoms with Crippen LogP contribution in [-0.4, -0.2) is 6.61 Å². The lowest BCUT2D eigenvalue weighted by molar-refractivity contribution is 0.108. The third-order valence-electron chi connectivity index (χ3n) is 0.981. The molecule has 1 aliphatic heterocycles. The van der Waals surface area contributed by atoms with Crippen LogP contribution in [0.1, 0.15) is 6.42 Å². The molecule has 1 heterocycles. The number of rotatable bonds is 2. The Kier molecular flexibility index (Phi) is 1.70. The molecule has 0 bridgehead atoms. The van der Waals surface area contributed by atoms with Crippen molar-refractivity contribution < 1.29 is 4.84 Å². The second-order valence-corrected chi connectivity index (χ2v) is 1.64. The van der Waals surface area contributed by atoms with E-state index in [1.54, 1.807) is 0 Å². The third-order valence-corrected chi connectivity index (χ3v) is 0.981.